The van der Waals surface area contributed by atoms with Gasteiger partial charge in [-0.2, -0.15) is 0 Å². The van der Waals surface area contributed by atoms with Crippen molar-refractivity contribution in [3.05, 3.63) is 12.2 Å². The van der Waals surface area contributed by atoms with Gasteiger partial charge in [0.15, 0.2) is 0 Å². The number of Topliss-reactive ketones (excluding diaryl/α,β-unsaturated/α-hetero) is 2. The van der Waals surface area contributed by atoms with E-state index in [9.17, 15) is 19.5 Å². The van der Waals surface area contributed by atoms with Crippen LogP contribution in [0.5, 0.6) is 0 Å². The molecule has 0 aromatic rings. The number of fused-ring (bicyclic) bond motifs is 1. The molecule has 7 rings (SSSR count). The van der Waals surface area contributed by atoms with Gasteiger partial charge in [-0.3, -0.25) is 14.4 Å². The minimum absolute atomic E-state index is 0.0735. The highest BCUT2D eigenvalue weighted by Crippen LogP contribution is 2.81. The van der Waals surface area contributed by atoms with E-state index in [2.05, 4.69) is 25.5 Å². The van der Waals surface area contributed by atoms with Crippen molar-refractivity contribution >= 4 is 17.5 Å². The molecular formula is C23H29NO5. The Morgan fingerprint density at radius 3 is 2.69 bits per heavy atom. The number of hydrogen-bond donors (Lipinski definition) is 1. The molecule has 10 atom stereocenters. The first-order valence-corrected chi connectivity index (χ1v) is 10.9. The lowest BCUT2D eigenvalue weighted by atomic mass is 9.38. The summed E-state index contributed by atoms with van der Waals surface area (Å²) in [4.78, 5) is 41.4. The van der Waals surface area contributed by atoms with Crippen molar-refractivity contribution in [3.63, 3.8) is 0 Å². The summed E-state index contributed by atoms with van der Waals surface area (Å²) in [5, 5.41) is 11.4. The van der Waals surface area contributed by atoms with Crippen molar-refractivity contribution in [1.82, 2.24) is 4.90 Å². The Kier molecular flexibility index (Phi) is 3.16. The van der Waals surface area contributed by atoms with Gasteiger partial charge in [-0.05, 0) is 43.2 Å². The van der Waals surface area contributed by atoms with Crippen LogP contribution in [0.1, 0.15) is 39.5 Å². The zero-order chi connectivity index (χ0) is 20.7. The molecule has 6 nitrogen and oxygen atoms in total. The first-order chi connectivity index (χ1) is 13.6. The van der Waals surface area contributed by atoms with E-state index >= 15 is 0 Å². The third-order valence-corrected chi connectivity index (χ3v) is 9.90. The number of nitrogens with zero attached hydrogens (tertiary/aromatic N) is 1. The summed E-state index contributed by atoms with van der Waals surface area (Å²) in [7, 11) is 2.08. The van der Waals surface area contributed by atoms with Crippen molar-refractivity contribution in [1.29, 1.82) is 0 Å². The fourth-order valence-electron chi connectivity index (χ4n) is 9.92. The summed E-state index contributed by atoms with van der Waals surface area (Å²) in [5.41, 5.74) is -0.809. The summed E-state index contributed by atoms with van der Waals surface area (Å²) >= 11 is 0. The molecule has 1 heterocycles. The van der Waals surface area contributed by atoms with Crippen LogP contribution in [0, 0.1) is 39.9 Å². The van der Waals surface area contributed by atoms with Crippen LogP contribution in [-0.4, -0.2) is 59.4 Å². The molecule has 6 heteroatoms. The van der Waals surface area contributed by atoms with Crippen LogP contribution in [0.25, 0.3) is 0 Å². The monoisotopic (exact) mass is 399 g/mol. The molecule has 29 heavy (non-hydrogen) atoms. The smallest absolute Gasteiger partial charge is 0.302 e. The van der Waals surface area contributed by atoms with Gasteiger partial charge < -0.3 is 14.7 Å². The van der Waals surface area contributed by atoms with E-state index in [0.717, 1.165) is 0 Å². The molecule has 1 saturated heterocycles. The van der Waals surface area contributed by atoms with E-state index in [4.69, 9.17) is 4.74 Å². The quantitative estimate of drug-likeness (QED) is 0.530. The summed E-state index contributed by atoms with van der Waals surface area (Å²) in [6.45, 7) is 8.39. The number of ketones is 2. The molecule has 6 bridgehead atoms. The highest BCUT2D eigenvalue weighted by Gasteiger charge is 2.85. The molecule has 6 saturated carbocycles. The third-order valence-electron chi connectivity index (χ3n) is 9.90. The molecule has 7 fully saturated rings. The number of aliphatic hydroxyl groups excluding tert-OH is 1. The third kappa shape index (κ3) is 1.70. The second-order valence-corrected chi connectivity index (χ2v) is 11.2. The number of ether oxygens (including phenoxy) is 1. The summed E-state index contributed by atoms with van der Waals surface area (Å²) < 4.78 is 5.74. The average molecular weight is 399 g/mol. The number of aliphatic hydroxyl groups is 1. The van der Waals surface area contributed by atoms with E-state index in [-0.39, 0.29) is 65.2 Å². The van der Waals surface area contributed by atoms with Gasteiger partial charge in [-0.15, -0.1) is 0 Å². The molecule has 1 aliphatic heterocycles. The number of carbonyl (C=O) groups excluding carboxylic acids is 3. The largest absolute Gasteiger partial charge is 0.463 e. The molecule has 10 unspecified atom stereocenters. The molecular weight excluding hydrogens is 370 g/mol. The first-order valence-electron chi connectivity index (χ1n) is 10.9. The van der Waals surface area contributed by atoms with Crippen LogP contribution >= 0.6 is 0 Å². The molecule has 156 valence electrons. The number of likely N-dealkylation sites (tertiary alicyclic amines) is 1. The molecule has 0 aromatic heterocycles. The average Bonchev–Trinajstić information content (AvgIpc) is 2.69. The Morgan fingerprint density at radius 1 is 1.28 bits per heavy atom. The molecule has 0 radical (unpaired) electrons. The number of piperidine rings is 1. The van der Waals surface area contributed by atoms with E-state index in [1.54, 1.807) is 0 Å². The van der Waals surface area contributed by atoms with Crippen molar-refractivity contribution in [2.75, 3.05) is 13.6 Å². The molecule has 7 aliphatic rings. The highest BCUT2D eigenvalue weighted by atomic mass is 16.5. The van der Waals surface area contributed by atoms with Gasteiger partial charge >= 0.3 is 5.97 Å². The topological polar surface area (TPSA) is 83.9 Å². The first kappa shape index (κ1) is 18.3. The molecule has 1 N–H and O–H groups in total. The number of hydrogen-bond acceptors (Lipinski definition) is 6. The number of carbonyl (C=O) groups is 3. The maximum atomic E-state index is 13.7. The van der Waals surface area contributed by atoms with E-state index in [1.165, 1.54) is 6.92 Å². The second kappa shape index (κ2) is 5.02. The zero-order valence-corrected chi connectivity index (χ0v) is 17.3. The lowest BCUT2D eigenvalue weighted by Crippen LogP contribution is -2.71. The van der Waals surface area contributed by atoms with Crippen LogP contribution in [0.15, 0.2) is 12.2 Å². The highest BCUT2D eigenvalue weighted by molar-refractivity contribution is 5.96. The number of rotatable bonds is 1. The fraction of sp³-hybridized carbons (Fsp3) is 0.783. The normalized spacial score (nSPS) is 57.2. The van der Waals surface area contributed by atoms with Crippen LogP contribution in [-0.2, 0) is 19.1 Å². The van der Waals surface area contributed by atoms with Gasteiger partial charge in [0.05, 0.1) is 6.10 Å². The zero-order valence-electron chi connectivity index (χ0n) is 17.3. The second-order valence-electron chi connectivity index (χ2n) is 11.2. The minimum Gasteiger partial charge on any atom is -0.463 e. The van der Waals surface area contributed by atoms with Crippen molar-refractivity contribution in [2.45, 2.75) is 57.8 Å². The Labute approximate surface area is 170 Å². The van der Waals surface area contributed by atoms with Gasteiger partial charge in [-0.1, -0.05) is 13.5 Å². The van der Waals surface area contributed by atoms with Crippen LogP contribution in [0.3, 0.4) is 0 Å². The summed E-state index contributed by atoms with van der Waals surface area (Å²) in [6, 6.07) is -0.0735. The van der Waals surface area contributed by atoms with Crippen molar-refractivity contribution in [2.24, 2.45) is 39.9 Å². The van der Waals surface area contributed by atoms with Crippen molar-refractivity contribution < 1.29 is 24.2 Å². The Balaban J connectivity index is 1.61. The Bertz CT molecular complexity index is 898. The number of esters is 1. The van der Waals surface area contributed by atoms with E-state index in [0.29, 0.717) is 31.4 Å². The van der Waals surface area contributed by atoms with Crippen LogP contribution in [0.4, 0.5) is 0 Å². The molecule has 0 aromatic carbocycles. The summed E-state index contributed by atoms with van der Waals surface area (Å²) in [6.07, 6.45) is 1.23. The maximum Gasteiger partial charge on any atom is 0.302 e. The SMILES string of the molecule is C=C1C2CC3C4(CC(=O)C5C6(C)CC(OC(C)=O)CC53C(C4C2=O)N(C)C6)C1O. The van der Waals surface area contributed by atoms with Gasteiger partial charge in [0.2, 0.25) is 0 Å². The fourth-order valence-corrected chi connectivity index (χ4v) is 9.92. The maximum absolute atomic E-state index is 13.7. The van der Waals surface area contributed by atoms with Gasteiger partial charge in [0.1, 0.15) is 17.7 Å². The predicted molar refractivity (Wildman–Crippen MR) is 103 cm³/mol. The lowest BCUT2D eigenvalue weighted by Gasteiger charge is -2.67. The summed E-state index contributed by atoms with van der Waals surface area (Å²) in [5.74, 6) is -0.576. The lowest BCUT2D eigenvalue weighted by molar-refractivity contribution is -0.214. The molecule has 0 amide bonds. The predicted octanol–water partition coefficient (Wildman–Crippen LogP) is 1.36. The van der Waals surface area contributed by atoms with E-state index in [1.807, 2.05) is 0 Å². The van der Waals surface area contributed by atoms with Crippen molar-refractivity contribution in [3.8, 4) is 0 Å². The minimum atomic E-state index is -0.799. The van der Waals surface area contributed by atoms with Gasteiger partial charge in [-0.25, -0.2) is 0 Å². The van der Waals surface area contributed by atoms with E-state index < -0.39 is 16.9 Å². The standard InChI is InChI=1S/C23H29NO5/c1-10-13-5-15-22(20(10)28)8-14(26)18-21(3)6-12(29-11(2)25)7-23(15,18)19(24(4)9-21)16(22)17(13)27/h12-13,15-16,18-20,28H,1,5-9H2,2-4H3. The Hall–Kier alpha value is -1.53. The van der Waals surface area contributed by atoms with Gasteiger partial charge in [0, 0.05) is 54.5 Å². The van der Waals surface area contributed by atoms with Gasteiger partial charge in [0.25, 0.3) is 0 Å². The Morgan fingerprint density at radius 2 is 2.00 bits per heavy atom. The molecule has 6 aliphatic carbocycles. The van der Waals surface area contributed by atoms with Crippen LogP contribution in [0.2, 0.25) is 0 Å². The van der Waals surface area contributed by atoms with Crippen LogP contribution < -0.4 is 0 Å². The molecule has 2 spiro atoms.